The number of allylic oxidation sites excluding steroid dienone is 1. The highest BCUT2D eigenvalue weighted by atomic mass is 79.9. The molecular weight excluding hydrogens is 448 g/mol. The monoisotopic (exact) mass is 472 g/mol. The van der Waals surface area contributed by atoms with Crippen molar-refractivity contribution in [1.82, 2.24) is 15.3 Å². The molecule has 0 unspecified atom stereocenters. The molecule has 0 spiro atoms. The van der Waals surface area contributed by atoms with Gasteiger partial charge in [0.2, 0.25) is 5.95 Å². The Kier molecular flexibility index (Phi) is 6.78. The topological polar surface area (TPSA) is 163 Å². The van der Waals surface area contributed by atoms with E-state index in [0.29, 0.717) is 22.9 Å². The third-order valence-corrected chi connectivity index (χ3v) is 5.25. The first-order chi connectivity index (χ1) is 14.3. The highest BCUT2D eigenvalue weighted by Crippen LogP contribution is 2.23. The number of aromatic hydroxyl groups is 1. The molecule has 0 saturated carbocycles. The number of phenols is 1. The predicted molar refractivity (Wildman–Crippen MR) is 122 cm³/mol. The molecular formula is C20H25BrN8O. The van der Waals surface area contributed by atoms with Gasteiger partial charge in [-0.3, -0.25) is 5.41 Å². The van der Waals surface area contributed by atoms with Crippen molar-refractivity contribution in [2.24, 2.45) is 17.2 Å². The van der Waals surface area contributed by atoms with E-state index in [0.717, 1.165) is 30.4 Å². The fourth-order valence-corrected chi connectivity index (χ4v) is 3.41. The molecule has 3 rings (SSSR count). The Bertz CT molecular complexity index is 965. The van der Waals surface area contributed by atoms with E-state index < -0.39 is 0 Å². The zero-order valence-corrected chi connectivity index (χ0v) is 17.9. The molecule has 0 atom stereocenters. The van der Waals surface area contributed by atoms with Gasteiger partial charge in [-0.15, -0.1) is 0 Å². The van der Waals surface area contributed by atoms with Gasteiger partial charge >= 0.3 is 0 Å². The fourth-order valence-electron chi connectivity index (χ4n) is 3.21. The normalized spacial score (nSPS) is 16.2. The molecule has 9 nitrogen and oxygen atoms in total. The van der Waals surface area contributed by atoms with Gasteiger partial charge in [-0.2, -0.15) is 0 Å². The summed E-state index contributed by atoms with van der Waals surface area (Å²) in [5, 5.41) is 21.1. The maximum Gasteiger partial charge on any atom is 0.225 e. The van der Waals surface area contributed by atoms with Crippen molar-refractivity contribution in [2.75, 3.05) is 18.0 Å². The largest absolute Gasteiger partial charge is 0.507 e. The average molecular weight is 473 g/mol. The van der Waals surface area contributed by atoms with E-state index in [1.807, 2.05) is 0 Å². The van der Waals surface area contributed by atoms with Gasteiger partial charge in [-0.05, 0) is 47.0 Å². The summed E-state index contributed by atoms with van der Waals surface area (Å²) in [5.41, 5.74) is 19.2. The highest BCUT2D eigenvalue weighted by Gasteiger charge is 2.22. The maximum absolute atomic E-state index is 10.0. The Morgan fingerprint density at radius 3 is 2.40 bits per heavy atom. The van der Waals surface area contributed by atoms with Gasteiger partial charge in [0.25, 0.3) is 0 Å². The molecule has 1 aliphatic rings. The van der Waals surface area contributed by atoms with E-state index in [1.165, 1.54) is 0 Å². The number of hydrogen-bond donors (Lipinski definition) is 6. The Labute approximate surface area is 183 Å². The van der Waals surface area contributed by atoms with Crippen LogP contribution in [0.1, 0.15) is 18.4 Å². The number of nitrogens with two attached hydrogens (primary N) is 3. The molecule has 10 heteroatoms. The van der Waals surface area contributed by atoms with Crippen LogP contribution in [0.5, 0.6) is 5.75 Å². The van der Waals surface area contributed by atoms with Crippen LogP contribution in [0.3, 0.4) is 0 Å². The van der Waals surface area contributed by atoms with Gasteiger partial charge < -0.3 is 32.5 Å². The van der Waals surface area contributed by atoms with Crippen molar-refractivity contribution in [3.63, 3.8) is 0 Å². The summed E-state index contributed by atoms with van der Waals surface area (Å²) in [4.78, 5) is 10.8. The lowest BCUT2D eigenvalue weighted by Gasteiger charge is -2.33. The molecule has 9 N–H and O–H groups in total. The second-order valence-corrected chi connectivity index (χ2v) is 7.88. The van der Waals surface area contributed by atoms with Crippen LogP contribution in [0.2, 0.25) is 0 Å². The molecule has 1 saturated heterocycles. The number of anilines is 1. The number of para-hydroxylation sites is 1. The predicted octanol–water partition coefficient (Wildman–Crippen LogP) is 1.61. The van der Waals surface area contributed by atoms with Crippen molar-refractivity contribution >= 4 is 33.4 Å². The molecule has 0 bridgehead atoms. The van der Waals surface area contributed by atoms with Crippen molar-refractivity contribution in [2.45, 2.75) is 18.9 Å². The third-order valence-electron chi connectivity index (χ3n) is 4.84. The molecule has 1 aromatic carbocycles. The number of amidine groups is 1. The first-order valence-corrected chi connectivity index (χ1v) is 10.2. The number of aromatic nitrogens is 2. The van der Waals surface area contributed by atoms with E-state index in [9.17, 15) is 5.11 Å². The SMILES string of the molecule is N=C(N)/C(N)=C(/C=C(\N)c1ccccc1O)NC1CCN(c2ncc(Br)cn2)CC1. The standard InChI is InChI=1S/C20H25BrN8O/c21-12-10-26-20(27-11-12)29-7-5-13(6-8-29)28-16(18(23)19(24)25)9-15(22)14-3-1-2-4-17(14)30/h1-4,9-11,13,28,30H,5-8,22-23H2,(H3,24,25)/b15-9-,18-16+. The number of halogens is 1. The van der Waals surface area contributed by atoms with Crippen molar-refractivity contribution < 1.29 is 5.11 Å². The van der Waals surface area contributed by atoms with E-state index >= 15 is 0 Å². The molecule has 1 aromatic heterocycles. The van der Waals surface area contributed by atoms with E-state index in [4.69, 9.17) is 22.6 Å². The van der Waals surface area contributed by atoms with Crippen LogP contribution < -0.4 is 27.4 Å². The van der Waals surface area contributed by atoms with Gasteiger partial charge in [0.15, 0.2) is 0 Å². The van der Waals surface area contributed by atoms with Crippen molar-refractivity contribution in [1.29, 1.82) is 5.41 Å². The minimum absolute atomic E-state index is 0.0646. The maximum atomic E-state index is 10.0. The highest BCUT2D eigenvalue weighted by molar-refractivity contribution is 9.10. The van der Waals surface area contributed by atoms with E-state index in [-0.39, 0.29) is 23.3 Å². The summed E-state index contributed by atoms with van der Waals surface area (Å²) < 4.78 is 0.839. The van der Waals surface area contributed by atoms with Gasteiger partial charge in [0.05, 0.1) is 15.9 Å². The van der Waals surface area contributed by atoms with Crippen LogP contribution in [0.4, 0.5) is 5.95 Å². The van der Waals surface area contributed by atoms with E-state index in [1.54, 1.807) is 42.7 Å². The molecule has 0 aliphatic carbocycles. The summed E-state index contributed by atoms with van der Waals surface area (Å²) >= 11 is 3.34. The number of rotatable bonds is 6. The molecule has 1 aliphatic heterocycles. The number of nitrogens with one attached hydrogen (secondary N) is 2. The second-order valence-electron chi connectivity index (χ2n) is 6.96. The Morgan fingerprint density at radius 1 is 1.17 bits per heavy atom. The van der Waals surface area contributed by atoms with Crippen LogP contribution in [-0.2, 0) is 0 Å². The zero-order chi connectivity index (χ0) is 21.7. The Balaban J connectivity index is 1.73. The number of benzene rings is 1. The number of nitrogens with zero attached hydrogens (tertiary/aromatic N) is 3. The summed E-state index contributed by atoms with van der Waals surface area (Å²) in [6.07, 6.45) is 6.70. The van der Waals surface area contributed by atoms with Crippen LogP contribution in [0.25, 0.3) is 5.70 Å². The number of piperidine rings is 1. The summed E-state index contributed by atoms with van der Waals surface area (Å²) in [6, 6.07) is 6.87. The van der Waals surface area contributed by atoms with Crippen molar-refractivity contribution in [3.05, 3.63) is 64.2 Å². The first-order valence-electron chi connectivity index (χ1n) is 9.44. The zero-order valence-electron chi connectivity index (χ0n) is 16.3. The van der Waals surface area contributed by atoms with Crippen LogP contribution in [0, 0.1) is 5.41 Å². The van der Waals surface area contributed by atoms with E-state index in [2.05, 4.69) is 36.1 Å². The molecule has 158 valence electrons. The smallest absolute Gasteiger partial charge is 0.225 e. The lowest BCUT2D eigenvalue weighted by atomic mass is 10.0. The van der Waals surface area contributed by atoms with Crippen LogP contribution in [-0.4, -0.2) is 40.0 Å². The van der Waals surface area contributed by atoms with Crippen LogP contribution >= 0.6 is 15.9 Å². The minimum Gasteiger partial charge on any atom is -0.507 e. The summed E-state index contributed by atoms with van der Waals surface area (Å²) in [5.74, 6) is 0.508. The Morgan fingerprint density at radius 2 is 1.80 bits per heavy atom. The minimum atomic E-state index is -0.250. The van der Waals surface area contributed by atoms with Gasteiger partial charge in [0.1, 0.15) is 11.6 Å². The first kappa shape index (κ1) is 21.4. The fraction of sp³-hybridized carbons (Fsp3) is 0.250. The van der Waals surface area contributed by atoms with Gasteiger partial charge in [0, 0.05) is 42.8 Å². The molecule has 0 amide bonds. The summed E-state index contributed by atoms with van der Waals surface area (Å²) in [6.45, 7) is 1.54. The molecule has 0 radical (unpaired) electrons. The number of hydrogen-bond acceptors (Lipinski definition) is 8. The van der Waals surface area contributed by atoms with Gasteiger partial charge in [-0.1, -0.05) is 12.1 Å². The van der Waals surface area contributed by atoms with Crippen LogP contribution in [0.15, 0.2) is 58.6 Å². The lowest BCUT2D eigenvalue weighted by molar-refractivity contribution is 0.443. The number of phenolic OH excluding ortho intramolecular Hbond substituents is 1. The second kappa shape index (κ2) is 9.49. The quantitative estimate of drug-likeness (QED) is 0.209. The molecule has 2 heterocycles. The average Bonchev–Trinajstić information content (AvgIpc) is 2.74. The third kappa shape index (κ3) is 5.20. The van der Waals surface area contributed by atoms with Gasteiger partial charge in [-0.25, -0.2) is 9.97 Å². The molecule has 30 heavy (non-hydrogen) atoms. The van der Waals surface area contributed by atoms with Crippen molar-refractivity contribution in [3.8, 4) is 5.75 Å². The lowest BCUT2D eigenvalue weighted by Crippen LogP contribution is -2.43. The Hall–Kier alpha value is -3.27. The molecule has 1 fully saturated rings. The summed E-state index contributed by atoms with van der Waals surface area (Å²) in [7, 11) is 0. The molecule has 2 aromatic rings.